The Morgan fingerprint density at radius 1 is 1.47 bits per heavy atom. The first kappa shape index (κ1) is 15.5. The van der Waals surface area contributed by atoms with Gasteiger partial charge in [0.15, 0.2) is 0 Å². The highest BCUT2D eigenvalue weighted by atomic mass is 16.6. The number of alkyl carbamates (subject to hydrolysis) is 1. The van der Waals surface area contributed by atoms with Gasteiger partial charge in [0.25, 0.3) is 0 Å². The van der Waals surface area contributed by atoms with E-state index in [1.807, 2.05) is 0 Å². The number of carbonyl (C=O) groups is 2. The molecule has 0 aromatic rings. The minimum absolute atomic E-state index is 0.298. The zero-order valence-corrected chi connectivity index (χ0v) is 10.8. The van der Waals surface area contributed by atoms with Crippen molar-refractivity contribution in [2.45, 2.75) is 45.8 Å². The number of amides is 1. The fourth-order valence-electron chi connectivity index (χ4n) is 1.29. The Bertz CT molecular complexity index is 293. The normalized spacial score (nSPS) is 14.6. The molecule has 0 heterocycles. The van der Waals surface area contributed by atoms with Crippen LogP contribution >= 0.6 is 0 Å². The number of hydrogen-bond acceptors (Lipinski definition) is 3. The minimum Gasteiger partial charge on any atom is -0.481 e. The molecule has 0 aliphatic carbocycles. The average Bonchev–Trinajstić information content (AvgIpc) is 2.09. The van der Waals surface area contributed by atoms with Crippen LogP contribution in [0.2, 0.25) is 0 Å². The first-order valence-corrected chi connectivity index (χ1v) is 5.50. The average molecular weight is 243 g/mol. The van der Waals surface area contributed by atoms with E-state index < -0.39 is 29.6 Å². The first-order valence-electron chi connectivity index (χ1n) is 5.50. The highest BCUT2D eigenvalue weighted by Crippen LogP contribution is 2.12. The van der Waals surface area contributed by atoms with E-state index in [4.69, 9.17) is 9.84 Å². The molecule has 17 heavy (non-hydrogen) atoms. The Hall–Kier alpha value is -1.52. The van der Waals surface area contributed by atoms with Crippen LogP contribution in [0.3, 0.4) is 0 Å². The minimum atomic E-state index is -0.964. The van der Waals surface area contributed by atoms with Crippen LogP contribution in [-0.4, -0.2) is 28.8 Å². The summed E-state index contributed by atoms with van der Waals surface area (Å²) in [5.74, 6) is -1.66. The van der Waals surface area contributed by atoms with Gasteiger partial charge in [0.1, 0.15) is 5.60 Å². The quantitative estimate of drug-likeness (QED) is 0.726. The van der Waals surface area contributed by atoms with Crippen molar-refractivity contribution in [2.75, 3.05) is 0 Å². The van der Waals surface area contributed by atoms with Crippen LogP contribution in [0.4, 0.5) is 4.79 Å². The lowest BCUT2D eigenvalue weighted by atomic mass is 9.98. The second-order valence-corrected chi connectivity index (χ2v) is 4.90. The zero-order chi connectivity index (χ0) is 13.6. The molecule has 0 aliphatic heterocycles. The van der Waals surface area contributed by atoms with Crippen molar-refractivity contribution < 1.29 is 19.4 Å². The molecule has 1 unspecified atom stereocenters. The molecule has 1 amide bonds. The smallest absolute Gasteiger partial charge is 0.407 e. The van der Waals surface area contributed by atoms with Crippen molar-refractivity contribution in [3.63, 3.8) is 0 Å². The second-order valence-electron chi connectivity index (χ2n) is 4.90. The highest BCUT2D eigenvalue weighted by molar-refractivity contribution is 5.73. The SMILES string of the molecule is C=CCC(C(=O)O)[C@@H](C)NC(=O)OC(C)(C)C. The molecule has 98 valence electrons. The molecule has 2 atom stereocenters. The Balaban J connectivity index is 4.40. The number of rotatable bonds is 5. The predicted octanol–water partition coefficient (Wildman–Crippen LogP) is 2.18. The molecular formula is C12H21NO4. The van der Waals surface area contributed by atoms with E-state index in [1.165, 1.54) is 6.08 Å². The molecule has 0 spiro atoms. The van der Waals surface area contributed by atoms with Crippen LogP contribution < -0.4 is 5.32 Å². The number of ether oxygens (including phenoxy) is 1. The van der Waals surface area contributed by atoms with Gasteiger partial charge in [-0.2, -0.15) is 0 Å². The number of hydrogen-bond donors (Lipinski definition) is 2. The van der Waals surface area contributed by atoms with E-state index in [0.29, 0.717) is 6.42 Å². The van der Waals surface area contributed by atoms with Crippen LogP contribution in [0.1, 0.15) is 34.1 Å². The maximum absolute atomic E-state index is 11.4. The number of carboxylic acid groups (broad SMARTS) is 1. The van der Waals surface area contributed by atoms with Gasteiger partial charge in [-0.1, -0.05) is 6.08 Å². The van der Waals surface area contributed by atoms with Crippen LogP contribution in [0.5, 0.6) is 0 Å². The molecule has 5 heteroatoms. The van der Waals surface area contributed by atoms with Gasteiger partial charge in [0.2, 0.25) is 0 Å². The van der Waals surface area contributed by atoms with E-state index in [-0.39, 0.29) is 0 Å². The number of aliphatic carboxylic acids is 1. The van der Waals surface area contributed by atoms with Crippen molar-refractivity contribution in [2.24, 2.45) is 5.92 Å². The van der Waals surface area contributed by atoms with Crippen LogP contribution in [0.25, 0.3) is 0 Å². The lowest BCUT2D eigenvalue weighted by molar-refractivity contribution is -0.142. The van der Waals surface area contributed by atoms with Gasteiger partial charge >= 0.3 is 12.1 Å². The van der Waals surface area contributed by atoms with Crippen LogP contribution in [0, 0.1) is 5.92 Å². The summed E-state index contributed by atoms with van der Waals surface area (Å²) in [6.07, 6.45) is 1.21. The van der Waals surface area contributed by atoms with Gasteiger partial charge < -0.3 is 15.2 Å². The lowest BCUT2D eigenvalue weighted by Gasteiger charge is -2.24. The molecule has 0 fully saturated rings. The van der Waals surface area contributed by atoms with Gasteiger partial charge in [-0.25, -0.2) is 4.79 Å². The molecule has 0 aromatic heterocycles. The van der Waals surface area contributed by atoms with Crippen LogP contribution in [-0.2, 0) is 9.53 Å². The Morgan fingerprint density at radius 2 is 2.00 bits per heavy atom. The molecule has 0 saturated heterocycles. The van der Waals surface area contributed by atoms with Gasteiger partial charge in [-0.15, -0.1) is 6.58 Å². The summed E-state index contributed by atoms with van der Waals surface area (Å²) in [5.41, 5.74) is -0.596. The Labute approximate surface area is 102 Å². The Morgan fingerprint density at radius 3 is 2.35 bits per heavy atom. The highest BCUT2D eigenvalue weighted by Gasteiger charge is 2.26. The molecule has 0 bridgehead atoms. The van der Waals surface area contributed by atoms with Crippen LogP contribution in [0.15, 0.2) is 12.7 Å². The molecule has 2 N–H and O–H groups in total. The molecule has 0 saturated carbocycles. The molecule has 0 aliphatic rings. The number of carboxylic acids is 1. The third-order valence-corrected chi connectivity index (χ3v) is 2.09. The summed E-state index contributed by atoms with van der Waals surface area (Å²) in [5, 5.41) is 11.5. The van der Waals surface area contributed by atoms with E-state index in [1.54, 1.807) is 27.7 Å². The molecular weight excluding hydrogens is 222 g/mol. The van der Waals surface area contributed by atoms with E-state index >= 15 is 0 Å². The molecule has 0 rings (SSSR count). The molecule has 0 aromatic carbocycles. The number of nitrogens with one attached hydrogen (secondary N) is 1. The second kappa shape index (κ2) is 6.27. The number of carbonyl (C=O) groups excluding carboxylic acids is 1. The van der Waals surface area contributed by atoms with Crippen molar-refractivity contribution in [3.05, 3.63) is 12.7 Å². The lowest BCUT2D eigenvalue weighted by Crippen LogP contribution is -2.43. The van der Waals surface area contributed by atoms with Gasteiger partial charge in [0.05, 0.1) is 5.92 Å². The van der Waals surface area contributed by atoms with Crippen molar-refractivity contribution in [3.8, 4) is 0 Å². The van der Waals surface area contributed by atoms with Gasteiger partial charge in [-0.3, -0.25) is 4.79 Å². The van der Waals surface area contributed by atoms with Crippen molar-refractivity contribution in [1.29, 1.82) is 0 Å². The third-order valence-electron chi connectivity index (χ3n) is 2.09. The fraction of sp³-hybridized carbons (Fsp3) is 0.667. The summed E-state index contributed by atoms with van der Waals surface area (Å²) in [6.45, 7) is 10.4. The summed E-state index contributed by atoms with van der Waals surface area (Å²) in [7, 11) is 0. The maximum atomic E-state index is 11.4. The maximum Gasteiger partial charge on any atom is 0.407 e. The van der Waals surface area contributed by atoms with Gasteiger partial charge in [0, 0.05) is 6.04 Å². The van der Waals surface area contributed by atoms with E-state index in [2.05, 4.69) is 11.9 Å². The molecule has 5 nitrogen and oxygen atoms in total. The monoisotopic (exact) mass is 243 g/mol. The van der Waals surface area contributed by atoms with E-state index in [9.17, 15) is 9.59 Å². The predicted molar refractivity (Wildman–Crippen MR) is 64.8 cm³/mol. The van der Waals surface area contributed by atoms with E-state index in [0.717, 1.165) is 0 Å². The molecule has 0 radical (unpaired) electrons. The largest absolute Gasteiger partial charge is 0.481 e. The fourth-order valence-corrected chi connectivity index (χ4v) is 1.29. The summed E-state index contributed by atoms with van der Waals surface area (Å²) in [6, 6.07) is -0.514. The number of allylic oxidation sites excluding steroid dienone is 1. The topological polar surface area (TPSA) is 75.6 Å². The first-order chi connectivity index (χ1) is 7.67. The summed E-state index contributed by atoms with van der Waals surface area (Å²) < 4.78 is 5.05. The standard InChI is InChI=1S/C12H21NO4/c1-6-7-9(10(14)15)8(2)13-11(16)17-12(3,4)5/h6,8-9H,1,7H2,2-5H3,(H,13,16)(H,14,15)/t8-,9?/m1/s1. The van der Waals surface area contributed by atoms with Crippen molar-refractivity contribution in [1.82, 2.24) is 5.32 Å². The van der Waals surface area contributed by atoms with Gasteiger partial charge in [-0.05, 0) is 34.1 Å². The zero-order valence-electron chi connectivity index (χ0n) is 10.8. The Kier molecular flexibility index (Phi) is 5.71. The van der Waals surface area contributed by atoms with Crippen molar-refractivity contribution >= 4 is 12.1 Å². The third kappa shape index (κ3) is 6.60. The summed E-state index contributed by atoms with van der Waals surface area (Å²) >= 11 is 0. The summed E-state index contributed by atoms with van der Waals surface area (Å²) in [4.78, 5) is 22.4.